The minimum atomic E-state index is -0.381. The molecule has 1 amide bonds. The maximum atomic E-state index is 13.3. The van der Waals surface area contributed by atoms with Gasteiger partial charge in [0.15, 0.2) is 0 Å². The summed E-state index contributed by atoms with van der Waals surface area (Å²) in [7, 11) is 0. The SMILES string of the molecule is Cc1cc(F)cc(C(=O)NC2(CN)CCCC2)c1.Cl. The number of carbonyl (C=O) groups excluding carboxylic acids is 1. The Hall–Kier alpha value is -1.13. The third-order valence-electron chi connectivity index (χ3n) is 3.63. The van der Waals surface area contributed by atoms with E-state index < -0.39 is 0 Å². The van der Waals surface area contributed by atoms with Crippen LogP contribution < -0.4 is 11.1 Å². The van der Waals surface area contributed by atoms with Gasteiger partial charge in [-0.15, -0.1) is 12.4 Å². The van der Waals surface area contributed by atoms with Crippen molar-refractivity contribution in [2.75, 3.05) is 6.54 Å². The Morgan fingerprint density at radius 2 is 2.00 bits per heavy atom. The minimum absolute atomic E-state index is 0. The number of hydrogen-bond donors (Lipinski definition) is 2. The standard InChI is InChI=1S/C14H19FN2O.ClH/c1-10-6-11(8-12(15)7-10)13(18)17-14(9-16)4-2-3-5-14;/h6-8H,2-5,9,16H2,1H3,(H,17,18);1H. The molecule has 0 aromatic heterocycles. The third-order valence-corrected chi connectivity index (χ3v) is 3.63. The predicted molar refractivity (Wildman–Crippen MR) is 76.1 cm³/mol. The average Bonchev–Trinajstić information content (AvgIpc) is 2.77. The van der Waals surface area contributed by atoms with Crippen LogP contribution >= 0.6 is 12.4 Å². The zero-order valence-electron chi connectivity index (χ0n) is 11.0. The number of nitrogens with two attached hydrogens (primary N) is 1. The molecule has 1 aromatic carbocycles. The first-order chi connectivity index (χ1) is 8.54. The first-order valence-corrected chi connectivity index (χ1v) is 6.34. The lowest BCUT2D eigenvalue weighted by molar-refractivity contribution is 0.0902. The van der Waals surface area contributed by atoms with Gasteiger partial charge in [0.1, 0.15) is 5.82 Å². The number of benzene rings is 1. The van der Waals surface area contributed by atoms with Gasteiger partial charge in [-0.25, -0.2) is 4.39 Å². The van der Waals surface area contributed by atoms with Crippen LogP contribution in [-0.2, 0) is 0 Å². The normalized spacial score (nSPS) is 16.8. The number of hydrogen-bond acceptors (Lipinski definition) is 2. The summed E-state index contributed by atoms with van der Waals surface area (Å²) >= 11 is 0. The van der Waals surface area contributed by atoms with Gasteiger partial charge in [-0.05, 0) is 43.5 Å². The van der Waals surface area contributed by atoms with Crippen molar-refractivity contribution in [3.05, 3.63) is 35.1 Å². The van der Waals surface area contributed by atoms with E-state index in [1.54, 1.807) is 13.0 Å². The molecule has 19 heavy (non-hydrogen) atoms. The van der Waals surface area contributed by atoms with Gasteiger partial charge in [0.2, 0.25) is 0 Å². The monoisotopic (exact) mass is 286 g/mol. The molecule has 0 unspecified atom stereocenters. The maximum absolute atomic E-state index is 13.3. The van der Waals surface area contributed by atoms with Crippen LogP contribution in [0.3, 0.4) is 0 Å². The molecule has 1 aromatic rings. The molecule has 1 aliphatic carbocycles. The summed E-state index contributed by atoms with van der Waals surface area (Å²) in [4.78, 5) is 12.1. The van der Waals surface area contributed by atoms with Crippen molar-refractivity contribution < 1.29 is 9.18 Å². The van der Waals surface area contributed by atoms with E-state index >= 15 is 0 Å². The van der Waals surface area contributed by atoms with Gasteiger partial charge in [0.05, 0.1) is 5.54 Å². The van der Waals surface area contributed by atoms with E-state index in [0.29, 0.717) is 12.1 Å². The minimum Gasteiger partial charge on any atom is -0.345 e. The van der Waals surface area contributed by atoms with Crippen LogP contribution in [0.25, 0.3) is 0 Å². The van der Waals surface area contributed by atoms with E-state index in [2.05, 4.69) is 5.32 Å². The van der Waals surface area contributed by atoms with Gasteiger partial charge >= 0.3 is 0 Å². The molecular formula is C14H20ClFN2O. The quantitative estimate of drug-likeness (QED) is 0.897. The van der Waals surface area contributed by atoms with E-state index in [9.17, 15) is 9.18 Å². The topological polar surface area (TPSA) is 55.1 Å². The van der Waals surface area contributed by atoms with E-state index in [-0.39, 0.29) is 29.7 Å². The zero-order chi connectivity index (χ0) is 13.2. The third kappa shape index (κ3) is 3.67. The summed E-state index contributed by atoms with van der Waals surface area (Å²) in [6.45, 7) is 2.21. The Morgan fingerprint density at radius 3 is 2.53 bits per heavy atom. The lowest BCUT2D eigenvalue weighted by Crippen LogP contribution is -2.51. The fourth-order valence-corrected chi connectivity index (χ4v) is 2.61. The molecule has 5 heteroatoms. The van der Waals surface area contributed by atoms with Crippen LogP contribution in [0.5, 0.6) is 0 Å². The van der Waals surface area contributed by atoms with E-state index in [1.807, 2.05) is 0 Å². The Kier molecular flexibility index (Phi) is 5.32. The number of carbonyl (C=O) groups is 1. The Labute approximate surface area is 119 Å². The van der Waals surface area contributed by atoms with E-state index in [0.717, 1.165) is 31.2 Å². The maximum Gasteiger partial charge on any atom is 0.251 e. The molecule has 0 aliphatic heterocycles. The summed E-state index contributed by atoms with van der Waals surface area (Å²) in [5, 5.41) is 2.98. The van der Waals surface area contributed by atoms with Crippen molar-refractivity contribution in [1.29, 1.82) is 0 Å². The Morgan fingerprint density at radius 1 is 1.37 bits per heavy atom. The molecule has 0 saturated heterocycles. The highest BCUT2D eigenvalue weighted by Gasteiger charge is 2.34. The van der Waals surface area contributed by atoms with E-state index in [1.165, 1.54) is 12.1 Å². The molecule has 0 spiro atoms. The van der Waals surface area contributed by atoms with Gasteiger partial charge in [-0.3, -0.25) is 4.79 Å². The molecule has 0 heterocycles. The molecule has 3 nitrogen and oxygen atoms in total. The van der Waals surface area contributed by atoms with Gasteiger partial charge in [0.25, 0.3) is 5.91 Å². The molecule has 1 aliphatic rings. The van der Waals surface area contributed by atoms with Crippen LogP contribution in [0.4, 0.5) is 4.39 Å². The largest absolute Gasteiger partial charge is 0.345 e. The van der Waals surface area contributed by atoms with Crippen molar-refractivity contribution in [3.63, 3.8) is 0 Å². The van der Waals surface area contributed by atoms with Crippen molar-refractivity contribution in [2.24, 2.45) is 5.73 Å². The molecule has 2 rings (SSSR count). The fourth-order valence-electron chi connectivity index (χ4n) is 2.61. The number of amides is 1. The van der Waals surface area contributed by atoms with Crippen LogP contribution in [0.1, 0.15) is 41.6 Å². The van der Waals surface area contributed by atoms with Gasteiger partial charge in [-0.1, -0.05) is 12.8 Å². The van der Waals surface area contributed by atoms with Crippen LogP contribution in [-0.4, -0.2) is 18.0 Å². The van der Waals surface area contributed by atoms with Crippen molar-refractivity contribution >= 4 is 18.3 Å². The van der Waals surface area contributed by atoms with Crippen molar-refractivity contribution in [3.8, 4) is 0 Å². The highest BCUT2D eigenvalue weighted by atomic mass is 35.5. The summed E-state index contributed by atoms with van der Waals surface area (Å²) in [5.41, 5.74) is 6.58. The Balaban J connectivity index is 0.00000180. The second-order valence-electron chi connectivity index (χ2n) is 5.16. The first-order valence-electron chi connectivity index (χ1n) is 6.34. The number of halogens is 2. The van der Waals surface area contributed by atoms with Crippen LogP contribution in [0.15, 0.2) is 18.2 Å². The van der Waals surface area contributed by atoms with Crippen LogP contribution in [0.2, 0.25) is 0 Å². The number of nitrogens with one attached hydrogen (secondary N) is 1. The highest BCUT2D eigenvalue weighted by Crippen LogP contribution is 2.29. The molecule has 106 valence electrons. The molecule has 1 fully saturated rings. The number of rotatable bonds is 3. The summed E-state index contributed by atoms with van der Waals surface area (Å²) < 4.78 is 13.3. The van der Waals surface area contributed by atoms with Crippen LogP contribution in [0, 0.1) is 12.7 Å². The molecule has 1 saturated carbocycles. The fraction of sp³-hybridized carbons (Fsp3) is 0.500. The van der Waals surface area contributed by atoms with E-state index in [4.69, 9.17) is 5.73 Å². The molecule has 0 radical (unpaired) electrons. The predicted octanol–water partition coefficient (Wildman–Crippen LogP) is 2.56. The molecular weight excluding hydrogens is 267 g/mol. The smallest absolute Gasteiger partial charge is 0.251 e. The Bertz CT molecular complexity index is 439. The second-order valence-corrected chi connectivity index (χ2v) is 5.16. The molecule has 0 bridgehead atoms. The molecule has 0 atom stereocenters. The lowest BCUT2D eigenvalue weighted by atomic mass is 9.97. The highest BCUT2D eigenvalue weighted by molar-refractivity contribution is 5.95. The van der Waals surface area contributed by atoms with Gasteiger partial charge < -0.3 is 11.1 Å². The number of aryl methyl sites for hydroxylation is 1. The zero-order valence-corrected chi connectivity index (χ0v) is 11.9. The average molecular weight is 287 g/mol. The first kappa shape index (κ1) is 15.9. The summed E-state index contributed by atoms with van der Waals surface area (Å²) in [6.07, 6.45) is 3.98. The van der Waals surface area contributed by atoms with Gasteiger partial charge in [-0.2, -0.15) is 0 Å². The summed E-state index contributed by atoms with van der Waals surface area (Å²) in [5.74, 6) is -0.613. The van der Waals surface area contributed by atoms with Crippen molar-refractivity contribution in [1.82, 2.24) is 5.32 Å². The van der Waals surface area contributed by atoms with Crippen molar-refractivity contribution in [2.45, 2.75) is 38.1 Å². The lowest BCUT2D eigenvalue weighted by Gasteiger charge is -2.28. The van der Waals surface area contributed by atoms with Gasteiger partial charge in [0, 0.05) is 12.1 Å². The molecule has 3 N–H and O–H groups in total. The summed E-state index contributed by atoms with van der Waals surface area (Å²) in [6, 6.07) is 4.37. The second kappa shape index (κ2) is 6.35.